The van der Waals surface area contributed by atoms with Gasteiger partial charge < -0.3 is 14.6 Å². The van der Waals surface area contributed by atoms with Crippen molar-refractivity contribution in [1.29, 1.82) is 0 Å². The van der Waals surface area contributed by atoms with Crippen molar-refractivity contribution in [3.63, 3.8) is 0 Å². The zero-order valence-corrected chi connectivity index (χ0v) is 14.2. The number of carbonyl (C=O) groups excluding carboxylic acids is 1. The van der Waals surface area contributed by atoms with E-state index in [4.69, 9.17) is 4.42 Å². The van der Waals surface area contributed by atoms with Crippen LogP contribution in [0.15, 0.2) is 47.1 Å². The molecule has 0 bridgehead atoms. The predicted molar refractivity (Wildman–Crippen MR) is 87.2 cm³/mol. The average molecular weight is 388 g/mol. The standard InChI is InChI=1S/C16H15F3N2O4S/c17-16(18,19)11-3-5-12(6-4-11)20-15(22)21-8-14(9-21)26(23,24)10-13-2-1-7-25-13/h1-7,14H,8-10H2,(H,20,22). The molecule has 2 aromatic rings. The average Bonchev–Trinajstić information content (AvgIpc) is 2.97. The van der Waals surface area contributed by atoms with Crippen molar-refractivity contribution in [3.05, 3.63) is 54.0 Å². The van der Waals surface area contributed by atoms with Gasteiger partial charge in [0, 0.05) is 18.8 Å². The second kappa shape index (κ2) is 6.67. The molecular formula is C16H15F3N2O4S. The summed E-state index contributed by atoms with van der Waals surface area (Å²) in [6, 6.07) is 6.61. The van der Waals surface area contributed by atoms with Gasteiger partial charge in [-0.3, -0.25) is 0 Å². The summed E-state index contributed by atoms with van der Waals surface area (Å²) in [7, 11) is -3.45. The highest BCUT2D eigenvalue weighted by Crippen LogP contribution is 2.30. The Labute approximate surface area is 147 Å². The maximum Gasteiger partial charge on any atom is 0.416 e. The number of carbonyl (C=O) groups is 1. The summed E-state index contributed by atoms with van der Waals surface area (Å²) in [4.78, 5) is 13.3. The van der Waals surface area contributed by atoms with Crippen LogP contribution in [0.2, 0.25) is 0 Å². The summed E-state index contributed by atoms with van der Waals surface area (Å²) in [6.07, 6.45) is -3.06. The fraction of sp³-hybridized carbons (Fsp3) is 0.312. The number of alkyl halides is 3. The second-order valence-corrected chi connectivity index (χ2v) is 8.20. The number of furan rings is 1. The molecule has 1 N–H and O–H groups in total. The van der Waals surface area contributed by atoms with Crippen LogP contribution in [-0.4, -0.2) is 37.7 Å². The number of nitrogens with zero attached hydrogens (tertiary/aromatic N) is 1. The van der Waals surface area contributed by atoms with Crippen LogP contribution in [0.25, 0.3) is 0 Å². The van der Waals surface area contributed by atoms with Crippen molar-refractivity contribution in [2.75, 3.05) is 18.4 Å². The summed E-state index contributed by atoms with van der Waals surface area (Å²) < 4.78 is 67.0. The van der Waals surface area contributed by atoms with Crippen molar-refractivity contribution in [2.45, 2.75) is 17.2 Å². The largest absolute Gasteiger partial charge is 0.468 e. The van der Waals surface area contributed by atoms with Crippen LogP contribution >= 0.6 is 0 Å². The van der Waals surface area contributed by atoms with Gasteiger partial charge in [0.1, 0.15) is 11.5 Å². The van der Waals surface area contributed by atoms with Crippen LogP contribution in [-0.2, 0) is 21.8 Å². The van der Waals surface area contributed by atoms with E-state index in [2.05, 4.69) is 5.32 Å². The van der Waals surface area contributed by atoms with Crippen LogP contribution in [0.4, 0.5) is 23.7 Å². The number of rotatable bonds is 4. The van der Waals surface area contributed by atoms with Gasteiger partial charge in [0.05, 0.1) is 17.1 Å². The van der Waals surface area contributed by atoms with E-state index in [1.165, 1.54) is 11.2 Å². The third-order valence-electron chi connectivity index (χ3n) is 4.03. The molecule has 0 unspecified atom stereocenters. The topological polar surface area (TPSA) is 79.6 Å². The molecule has 1 aliphatic heterocycles. The van der Waals surface area contributed by atoms with Gasteiger partial charge >= 0.3 is 12.2 Å². The van der Waals surface area contributed by atoms with Crippen molar-refractivity contribution < 1.29 is 30.8 Å². The van der Waals surface area contributed by atoms with Crippen LogP contribution in [0.3, 0.4) is 0 Å². The monoisotopic (exact) mass is 388 g/mol. The molecule has 1 aromatic heterocycles. The van der Waals surface area contributed by atoms with Crippen molar-refractivity contribution in [1.82, 2.24) is 4.90 Å². The molecule has 140 valence electrons. The summed E-state index contributed by atoms with van der Waals surface area (Å²) in [6.45, 7) is 0.0466. The van der Waals surface area contributed by atoms with Crippen molar-refractivity contribution in [2.24, 2.45) is 0 Å². The number of hydrogen-bond donors (Lipinski definition) is 1. The molecule has 1 aliphatic rings. The Morgan fingerprint density at radius 2 is 1.85 bits per heavy atom. The number of nitrogens with one attached hydrogen (secondary N) is 1. The lowest BCUT2D eigenvalue weighted by Gasteiger charge is -2.38. The third kappa shape index (κ3) is 4.01. The third-order valence-corrected chi connectivity index (χ3v) is 6.03. The number of benzene rings is 1. The molecule has 1 fully saturated rings. The van der Waals surface area contributed by atoms with Gasteiger partial charge in [0.25, 0.3) is 0 Å². The number of sulfone groups is 1. The summed E-state index contributed by atoms with van der Waals surface area (Å²) in [5, 5.41) is 1.76. The van der Waals surface area contributed by atoms with Gasteiger partial charge in [-0.1, -0.05) is 0 Å². The summed E-state index contributed by atoms with van der Waals surface area (Å²) in [5.74, 6) is 0.0941. The quantitative estimate of drug-likeness (QED) is 0.873. The summed E-state index contributed by atoms with van der Waals surface area (Å²) in [5.41, 5.74) is -0.617. The first-order valence-corrected chi connectivity index (χ1v) is 9.34. The fourth-order valence-electron chi connectivity index (χ4n) is 2.49. The molecule has 1 saturated heterocycles. The Morgan fingerprint density at radius 1 is 1.19 bits per heavy atom. The van der Waals surface area contributed by atoms with E-state index >= 15 is 0 Å². The Bertz CT molecular complexity index is 871. The fourth-order valence-corrected chi connectivity index (χ4v) is 4.10. The number of hydrogen-bond acceptors (Lipinski definition) is 4. The van der Waals surface area contributed by atoms with E-state index in [-0.39, 0.29) is 24.5 Å². The van der Waals surface area contributed by atoms with E-state index in [0.717, 1.165) is 24.3 Å². The van der Waals surface area contributed by atoms with E-state index < -0.39 is 32.9 Å². The van der Waals surface area contributed by atoms with Gasteiger partial charge in [0.15, 0.2) is 9.84 Å². The number of anilines is 1. The minimum Gasteiger partial charge on any atom is -0.468 e. The van der Waals surface area contributed by atoms with E-state index in [0.29, 0.717) is 5.76 Å². The second-order valence-electron chi connectivity index (χ2n) is 5.92. The highest BCUT2D eigenvalue weighted by molar-refractivity contribution is 7.91. The van der Waals surface area contributed by atoms with Crippen LogP contribution in [0.5, 0.6) is 0 Å². The molecule has 0 saturated carbocycles. The van der Waals surface area contributed by atoms with Crippen molar-refractivity contribution >= 4 is 21.6 Å². The Morgan fingerprint density at radius 3 is 2.38 bits per heavy atom. The Balaban J connectivity index is 1.53. The highest BCUT2D eigenvalue weighted by atomic mass is 32.2. The Kier molecular flexibility index (Phi) is 4.70. The smallest absolute Gasteiger partial charge is 0.416 e. The lowest BCUT2D eigenvalue weighted by atomic mass is 10.2. The maximum absolute atomic E-state index is 12.5. The van der Waals surface area contributed by atoms with Gasteiger partial charge in [-0.15, -0.1) is 0 Å². The molecule has 0 spiro atoms. The predicted octanol–water partition coefficient (Wildman–Crippen LogP) is 3.13. The normalized spacial score (nSPS) is 15.6. The van der Waals surface area contributed by atoms with E-state index in [1.807, 2.05) is 0 Å². The highest BCUT2D eigenvalue weighted by Gasteiger charge is 2.40. The van der Waals surface area contributed by atoms with Gasteiger partial charge in [-0.2, -0.15) is 13.2 Å². The molecule has 26 heavy (non-hydrogen) atoms. The first-order valence-electron chi connectivity index (χ1n) is 7.62. The van der Waals surface area contributed by atoms with Gasteiger partial charge in [-0.05, 0) is 36.4 Å². The molecule has 6 nitrogen and oxygen atoms in total. The lowest BCUT2D eigenvalue weighted by molar-refractivity contribution is -0.137. The molecule has 0 radical (unpaired) electrons. The molecule has 1 aromatic carbocycles. The zero-order chi connectivity index (χ0) is 18.9. The zero-order valence-electron chi connectivity index (χ0n) is 13.4. The number of halogens is 3. The van der Waals surface area contributed by atoms with E-state index in [1.54, 1.807) is 12.1 Å². The molecule has 0 atom stereocenters. The number of urea groups is 1. The van der Waals surface area contributed by atoms with E-state index in [9.17, 15) is 26.4 Å². The van der Waals surface area contributed by atoms with Crippen LogP contribution in [0, 0.1) is 0 Å². The molecule has 0 aliphatic carbocycles. The molecular weight excluding hydrogens is 373 g/mol. The van der Waals surface area contributed by atoms with Gasteiger partial charge in [-0.25, -0.2) is 13.2 Å². The first-order chi connectivity index (χ1) is 12.1. The number of amides is 2. The number of likely N-dealkylation sites (tertiary alicyclic amines) is 1. The Hall–Kier alpha value is -2.49. The van der Waals surface area contributed by atoms with Crippen molar-refractivity contribution in [3.8, 4) is 0 Å². The minimum atomic E-state index is -4.45. The molecule has 3 rings (SSSR count). The van der Waals surface area contributed by atoms with Crippen LogP contribution in [0.1, 0.15) is 11.3 Å². The maximum atomic E-state index is 12.5. The molecule has 2 amide bonds. The summed E-state index contributed by atoms with van der Waals surface area (Å²) >= 11 is 0. The first kappa shape index (κ1) is 18.3. The lowest BCUT2D eigenvalue weighted by Crippen LogP contribution is -2.58. The molecule has 2 heterocycles. The van der Waals surface area contributed by atoms with Crippen LogP contribution < -0.4 is 5.32 Å². The SMILES string of the molecule is O=C(Nc1ccc(C(F)(F)F)cc1)N1CC(S(=O)(=O)Cc2ccco2)C1. The minimum absolute atomic E-state index is 0.0233. The van der Waals surface area contributed by atoms with Gasteiger partial charge in [0.2, 0.25) is 0 Å². The molecule has 10 heteroatoms.